The highest BCUT2D eigenvalue weighted by Crippen LogP contribution is 2.43. The van der Waals surface area contributed by atoms with E-state index in [4.69, 9.17) is 19.6 Å². The number of ether oxygens (including phenoxy) is 2. The summed E-state index contributed by atoms with van der Waals surface area (Å²) >= 11 is 0. The molecule has 0 bridgehead atoms. The van der Waals surface area contributed by atoms with E-state index >= 15 is 0 Å². The average Bonchev–Trinajstić information content (AvgIpc) is 3.58. The molecule has 0 radical (unpaired) electrons. The molecule has 6 rings (SSSR count). The molecule has 9 nitrogen and oxygen atoms in total. The second kappa shape index (κ2) is 16.6. The Bertz CT molecular complexity index is 1960. The second-order valence-corrected chi connectivity index (χ2v) is 14.4. The van der Waals surface area contributed by atoms with Gasteiger partial charge in [0.05, 0.1) is 17.3 Å². The maximum absolute atomic E-state index is 14.6. The van der Waals surface area contributed by atoms with E-state index in [1.54, 1.807) is 54.6 Å². The van der Waals surface area contributed by atoms with Crippen molar-refractivity contribution in [2.24, 2.45) is 4.99 Å². The summed E-state index contributed by atoms with van der Waals surface area (Å²) < 4.78 is 39.5. The molecule has 1 heterocycles. The van der Waals surface area contributed by atoms with Crippen LogP contribution in [0, 0.1) is 0 Å². The number of carbonyl (C=O) groups excluding carboxylic acids is 1. The molecule has 0 saturated heterocycles. The number of rotatable bonds is 16. The van der Waals surface area contributed by atoms with Crippen molar-refractivity contribution in [3.8, 4) is 5.75 Å². The minimum Gasteiger partial charge on any atom is -0.494 e. The molecule has 0 saturated carbocycles. The number of nitrogens with zero attached hydrogens (tertiary/aromatic N) is 1. The Morgan fingerprint density at radius 1 is 0.804 bits per heavy atom. The zero-order valence-electron chi connectivity index (χ0n) is 28.1. The van der Waals surface area contributed by atoms with E-state index in [2.05, 4.69) is 10.9 Å². The minimum absolute atomic E-state index is 0.0295. The zero-order valence-corrected chi connectivity index (χ0v) is 28.9. The van der Waals surface area contributed by atoms with Crippen LogP contribution in [0.15, 0.2) is 155 Å². The molecule has 0 fully saturated rings. The van der Waals surface area contributed by atoms with E-state index in [1.165, 1.54) is 0 Å². The van der Waals surface area contributed by atoms with Gasteiger partial charge in [0.1, 0.15) is 5.75 Å². The first-order valence-electron chi connectivity index (χ1n) is 17.0. The Labute approximate surface area is 298 Å². The highest BCUT2D eigenvalue weighted by Gasteiger charge is 2.53. The summed E-state index contributed by atoms with van der Waals surface area (Å²) in [5.41, 5.74) is 7.85. The minimum atomic E-state index is -3.79. The van der Waals surface area contributed by atoms with Crippen molar-refractivity contribution in [2.75, 3.05) is 25.5 Å². The van der Waals surface area contributed by atoms with Crippen LogP contribution in [0.2, 0.25) is 0 Å². The lowest BCUT2D eigenvalue weighted by Crippen LogP contribution is -2.54. The van der Waals surface area contributed by atoms with Crippen molar-refractivity contribution in [1.29, 1.82) is 0 Å². The molecule has 3 N–H and O–H groups in total. The van der Waals surface area contributed by atoms with Crippen molar-refractivity contribution in [3.05, 3.63) is 168 Å². The molecule has 0 unspecified atom stereocenters. The lowest BCUT2D eigenvalue weighted by molar-refractivity contribution is -0.130. The van der Waals surface area contributed by atoms with Gasteiger partial charge < -0.3 is 14.6 Å². The lowest BCUT2D eigenvalue weighted by atomic mass is 9.85. The molecule has 1 amide bonds. The van der Waals surface area contributed by atoms with Crippen LogP contribution in [0.4, 0.5) is 0 Å². The molecular weight excluding hydrogens is 663 g/mol. The molecule has 0 spiro atoms. The van der Waals surface area contributed by atoms with Gasteiger partial charge >= 0.3 is 0 Å². The number of aliphatic hydroxyl groups is 1. The molecule has 10 heteroatoms. The van der Waals surface area contributed by atoms with Gasteiger partial charge in [0.2, 0.25) is 5.90 Å². The Kier molecular flexibility index (Phi) is 11.6. The summed E-state index contributed by atoms with van der Waals surface area (Å²) in [5.74, 6) is -0.117. The fourth-order valence-corrected chi connectivity index (χ4v) is 7.56. The number of aliphatic hydroxyl groups excluding tert-OH is 1. The summed E-state index contributed by atoms with van der Waals surface area (Å²) in [6, 6.07) is 44.6. The number of hydrogen-bond acceptors (Lipinski definition) is 8. The van der Waals surface area contributed by atoms with Crippen LogP contribution in [-0.2, 0) is 19.4 Å². The van der Waals surface area contributed by atoms with Crippen LogP contribution < -0.4 is 15.6 Å². The lowest BCUT2D eigenvalue weighted by Gasteiger charge is -2.31. The van der Waals surface area contributed by atoms with Gasteiger partial charge in [0.25, 0.3) is 5.91 Å². The Morgan fingerprint density at radius 2 is 1.37 bits per heavy atom. The summed E-state index contributed by atoms with van der Waals surface area (Å²) in [7, 11) is -3.79. The summed E-state index contributed by atoms with van der Waals surface area (Å²) in [5, 5.41) is 9.10. The molecule has 1 aliphatic rings. The number of nitrogens with one attached hydrogen (secondary N) is 2. The standard InChI is InChI=1S/C41H41N3O6S/c45-27-13-28-49-35-24-22-34(23-25-35)39-43-41(38(50-39)33-18-9-3-10-19-33,26-29-51(47,48)36-20-11-4-12-21-36)40(46)44-42-30-37(31-14-5-1-6-15-31)32-16-7-2-8-17-32/h1-12,14-25,37-38,42,45H,13,26-30H2,(H,44,46)/t38-,41-/m0/s1. The van der Waals surface area contributed by atoms with E-state index in [-0.39, 0.29) is 35.5 Å². The fraction of sp³-hybridized carbons (Fsp3) is 0.220. The number of hydrogen-bond donors (Lipinski definition) is 3. The van der Waals surface area contributed by atoms with Gasteiger partial charge in [-0.25, -0.2) is 18.8 Å². The van der Waals surface area contributed by atoms with Crippen LogP contribution in [0.1, 0.15) is 47.1 Å². The smallest absolute Gasteiger partial charge is 0.266 e. The van der Waals surface area contributed by atoms with Crippen molar-refractivity contribution < 1.29 is 27.8 Å². The fourth-order valence-electron chi connectivity index (χ4n) is 6.17. The van der Waals surface area contributed by atoms with Gasteiger partial charge in [-0.1, -0.05) is 109 Å². The Balaban J connectivity index is 1.34. The van der Waals surface area contributed by atoms with Gasteiger partial charge in [0.15, 0.2) is 21.5 Å². The predicted molar refractivity (Wildman–Crippen MR) is 197 cm³/mol. The Morgan fingerprint density at radius 3 is 1.96 bits per heavy atom. The first-order chi connectivity index (χ1) is 24.9. The maximum atomic E-state index is 14.6. The predicted octanol–water partition coefficient (Wildman–Crippen LogP) is 6.02. The molecule has 5 aromatic carbocycles. The number of sulfone groups is 1. The van der Waals surface area contributed by atoms with Crippen LogP contribution in [-0.4, -0.2) is 56.4 Å². The van der Waals surface area contributed by atoms with Gasteiger partial charge in [-0.05, 0) is 53.1 Å². The molecule has 0 aliphatic carbocycles. The van der Waals surface area contributed by atoms with Crippen LogP contribution in [0.25, 0.3) is 0 Å². The quantitative estimate of drug-likeness (QED) is 0.0848. The number of amides is 1. The van der Waals surface area contributed by atoms with Crippen LogP contribution in [0.5, 0.6) is 5.75 Å². The SMILES string of the molecule is O=C(NNCC(c1ccccc1)c1ccccc1)[C@@]1(CCS(=O)(=O)c2ccccc2)N=C(c2ccc(OCCCO)cc2)O[C@H]1c1ccccc1. The van der Waals surface area contributed by atoms with Crippen molar-refractivity contribution in [3.63, 3.8) is 0 Å². The molecular formula is C41H41N3O6S. The number of benzene rings is 5. The molecule has 51 heavy (non-hydrogen) atoms. The van der Waals surface area contributed by atoms with E-state index in [1.807, 2.05) is 91.0 Å². The number of hydrazine groups is 1. The van der Waals surface area contributed by atoms with E-state index in [0.29, 0.717) is 36.4 Å². The van der Waals surface area contributed by atoms with Gasteiger partial charge in [0, 0.05) is 37.5 Å². The third kappa shape index (κ3) is 8.54. The highest BCUT2D eigenvalue weighted by molar-refractivity contribution is 7.91. The normalized spacial score (nSPS) is 17.1. The van der Waals surface area contributed by atoms with Crippen LogP contribution >= 0.6 is 0 Å². The Hall–Kier alpha value is -5.29. The first kappa shape index (κ1) is 35.5. The summed E-state index contributed by atoms with van der Waals surface area (Å²) in [6.07, 6.45) is -0.573. The van der Waals surface area contributed by atoms with Crippen LogP contribution in [0.3, 0.4) is 0 Å². The first-order valence-corrected chi connectivity index (χ1v) is 18.6. The van der Waals surface area contributed by atoms with Crippen molar-refractivity contribution in [2.45, 2.75) is 35.3 Å². The van der Waals surface area contributed by atoms with Gasteiger partial charge in [-0.15, -0.1) is 0 Å². The largest absolute Gasteiger partial charge is 0.494 e. The van der Waals surface area contributed by atoms with E-state index in [0.717, 1.165) is 11.1 Å². The third-order valence-electron chi connectivity index (χ3n) is 8.90. The summed E-state index contributed by atoms with van der Waals surface area (Å²) in [4.78, 5) is 19.8. The number of carbonyl (C=O) groups is 1. The molecule has 1 aliphatic heterocycles. The van der Waals surface area contributed by atoms with Gasteiger partial charge in [-0.3, -0.25) is 10.2 Å². The molecule has 2 atom stereocenters. The van der Waals surface area contributed by atoms with Crippen molar-refractivity contribution in [1.82, 2.24) is 10.9 Å². The zero-order chi connectivity index (χ0) is 35.5. The maximum Gasteiger partial charge on any atom is 0.266 e. The summed E-state index contributed by atoms with van der Waals surface area (Å²) in [6.45, 7) is 0.760. The van der Waals surface area contributed by atoms with Gasteiger partial charge in [-0.2, -0.15) is 0 Å². The average molecular weight is 704 g/mol. The van der Waals surface area contributed by atoms with Crippen molar-refractivity contribution >= 4 is 21.6 Å². The topological polar surface area (TPSA) is 126 Å². The highest BCUT2D eigenvalue weighted by atomic mass is 32.2. The van der Waals surface area contributed by atoms with E-state index < -0.39 is 27.4 Å². The molecule has 262 valence electrons. The third-order valence-corrected chi connectivity index (χ3v) is 10.6. The number of aliphatic imine (C=N–C) groups is 1. The van der Waals surface area contributed by atoms with E-state index in [9.17, 15) is 13.2 Å². The molecule has 0 aromatic heterocycles. The molecule has 5 aromatic rings. The second-order valence-electron chi connectivity index (χ2n) is 12.3. The monoisotopic (exact) mass is 703 g/mol.